The fourth-order valence-electron chi connectivity index (χ4n) is 2.25. The molecular weight excluding hydrogens is 391 g/mol. The van der Waals surface area contributed by atoms with E-state index in [1.165, 1.54) is 48.5 Å². The van der Waals surface area contributed by atoms with Gasteiger partial charge in [0.05, 0.1) is 4.90 Å². The largest absolute Gasteiger partial charge is 0.322 e. The molecule has 8 heteroatoms. The summed E-state index contributed by atoms with van der Waals surface area (Å²) >= 11 is 5.78. The number of halogens is 2. The average Bonchev–Trinajstić information content (AvgIpc) is 2.65. The van der Waals surface area contributed by atoms with Crippen LogP contribution in [0.25, 0.3) is 0 Å². The molecule has 0 saturated heterocycles. The maximum Gasteiger partial charge on any atom is 0.261 e. The van der Waals surface area contributed by atoms with Crippen LogP contribution in [0.15, 0.2) is 77.7 Å². The Hall–Kier alpha value is -2.90. The summed E-state index contributed by atoms with van der Waals surface area (Å²) in [7, 11) is -3.80. The molecule has 5 nitrogen and oxygen atoms in total. The molecule has 1 amide bonds. The fraction of sp³-hybridized carbons (Fsp3) is 0. The Kier molecular flexibility index (Phi) is 5.43. The van der Waals surface area contributed by atoms with Crippen LogP contribution in [0.2, 0.25) is 5.02 Å². The van der Waals surface area contributed by atoms with Crippen molar-refractivity contribution in [1.82, 2.24) is 0 Å². The summed E-state index contributed by atoms with van der Waals surface area (Å²) < 4.78 is 40.2. The summed E-state index contributed by atoms with van der Waals surface area (Å²) in [4.78, 5) is 12.2. The Labute approximate surface area is 160 Å². The summed E-state index contributed by atoms with van der Waals surface area (Å²) in [6.07, 6.45) is 0. The number of carbonyl (C=O) groups is 1. The van der Waals surface area contributed by atoms with Gasteiger partial charge in [-0.25, -0.2) is 12.8 Å². The molecule has 0 unspecified atom stereocenters. The van der Waals surface area contributed by atoms with Crippen molar-refractivity contribution >= 4 is 38.9 Å². The lowest BCUT2D eigenvalue weighted by Gasteiger charge is -2.09. The van der Waals surface area contributed by atoms with E-state index in [9.17, 15) is 17.6 Å². The highest BCUT2D eigenvalue weighted by atomic mass is 35.5. The van der Waals surface area contributed by atoms with Crippen LogP contribution in [0.3, 0.4) is 0 Å². The minimum atomic E-state index is -3.80. The zero-order valence-corrected chi connectivity index (χ0v) is 15.4. The van der Waals surface area contributed by atoms with Crippen LogP contribution >= 0.6 is 11.6 Å². The third kappa shape index (κ3) is 4.84. The first-order valence-corrected chi connectivity index (χ1v) is 9.65. The summed E-state index contributed by atoms with van der Waals surface area (Å²) in [6, 6.07) is 17.0. The van der Waals surface area contributed by atoms with Gasteiger partial charge in [0.15, 0.2) is 0 Å². The van der Waals surface area contributed by atoms with Crippen LogP contribution in [-0.2, 0) is 10.0 Å². The topological polar surface area (TPSA) is 75.3 Å². The van der Waals surface area contributed by atoms with Crippen LogP contribution in [0.5, 0.6) is 0 Å². The van der Waals surface area contributed by atoms with E-state index >= 15 is 0 Å². The van der Waals surface area contributed by atoms with Gasteiger partial charge >= 0.3 is 0 Å². The molecule has 138 valence electrons. The van der Waals surface area contributed by atoms with Crippen molar-refractivity contribution in [2.45, 2.75) is 4.90 Å². The van der Waals surface area contributed by atoms with Crippen molar-refractivity contribution in [3.63, 3.8) is 0 Å². The van der Waals surface area contributed by atoms with E-state index in [-0.39, 0.29) is 10.5 Å². The molecule has 0 aliphatic heterocycles. The van der Waals surface area contributed by atoms with E-state index < -0.39 is 21.7 Å². The van der Waals surface area contributed by atoms with Crippen LogP contribution in [0.1, 0.15) is 10.4 Å². The molecule has 0 aliphatic rings. The first-order chi connectivity index (χ1) is 12.8. The van der Waals surface area contributed by atoms with Crippen LogP contribution in [0.4, 0.5) is 15.8 Å². The summed E-state index contributed by atoms with van der Waals surface area (Å²) in [5.74, 6) is -0.841. The first-order valence-electron chi connectivity index (χ1n) is 7.79. The summed E-state index contributed by atoms with van der Waals surface area (Å²) in [6.45, 7) is 0. The number of hydrogen-bond acceptors (Lipinski definition) is 3. The van der Waals surface area contributed by atoms with E-state index in [1.54, 1.807) is 24.3 Å². The molecule has 0 aliphatic carbocycles. The number of nitrogens with one attached hydrogen (secondary N) is 2. The number of benzene rings is 3. The van der Waals surface area contributed by atoms with E-state index in [0.29, 0.717) is 16.4 Å². The molecule has 0 heterocycles. The number of anilines is 2. The zero-order valence-electron chi connectivity index (χ0n) is 13.8. The van der Waals surface area contributed by atoms with E-state index in [2.05, 4.69) is 10.0 Å². The SMILES string of the molecule is O=C(Nc1ccc(F)cc1)c1ccc(S(=O)(=O)Nc2ccc(Cl)cc2)cc1. The molecule has 0 atom stereocenters. The van der Waals surface area contributed by atoms with Crippen molar-refractivity contribution in [2.24, 2.45) is 0 Å². The average molecular weight is 405 g/mol. The Bertz CT molecular complexity index is 1050. The summed E-state index contributed by atoms with van der Waals surface area (Å²) in [5.41, 5.74) is 1.07. The molecule has 0 saturated carbocycles. The lowest BCUT2D eigenvalue weighted by Crippen LogP contribution is -2.14. The maximum absolute atomic E-state index is 12.9. The molecule has 3 aromatic carbocycles. The second kappa shape index (κ2) is 7.77. The number of amides is 1. The van der Waals surface area contributed by atoms with E-state index in [1.807, 2.05) is 0 Å². The third-order valence-corrected chi connectivity index (χ3v) is 5.27. The van der Waals surface area contributed by atoms with E-state index in [4.69, 9.17) is 11.6 Å². The fourth-order valence-corrected chi connectivity index (χ4v) is 3.44. The molecule has 0 fully saturated rings. The van der Waals surface area contributed by atoms with Gasteiger partial charge in [0.25, 0.3) is 15.9 Å². The second-order valence-electron chi connectivity index (χ2n) is 5.60. The highest BCUT2D eigenvalue weighted by Gasteiger charge is 2.15. The van der Waals surface area contributed by atoms with Crippen molar-refractivity contribution in [1.29, 1.82) is 0 Å². The molecular formula is C19H14ClFN2O3S. The van der Waals surface area contributed by atoms with Crippen molar-refractivity contribution in [3.05, 3.63) is 89.2 Å². The van der Waals surface area contributed by atoms with Crippen molar-refractivity contribution < 1.29 is 17.6 Å². The highest BCUT2D eigenvalue weighted by molar-refractivity contribution is 7.92. The van der Waals surface area contributed by atoms with Crippen molar-refractivity contribution in [2.75, 3.05) is 10.0 Å². The van der Waals surface area contributed by atoms with Gasteiger partial charge in [0, 0.05) is 22.0 Å². The lowest BCUT2D eigenvalue weighted by atomic mass is 10.2. The number of sulfonamides is 1. The molecule has 3 aromatic rings. The second-order valence-corrected chi connectivity index (χ2v) is 7.72. The molecule has 2 N–H and O–H groups in total. The predicted molar refractivity (Wildman–Crippen MR) is 103 cm³/mol. The van der Waals surface area contributed by atoms with Gasteiger partial charge in [-0.1, -0.05) is 11.6 Å². The quantitative estimate of drug-likeness (QED) is 0.655. The Morgan fingerprint density at radius 2 is 1.37 bits per heavy atom. The van der Waals surface area contributed by atoms with Gasteiger partial charge in [-0.3, -0.25) is 9.52 Å². The van der Waals surface area contributed by atoms with Crippen LogP contribution in [-0.4, -0.2) is 14.3 Å². The molecule has 0 radical (unpaired) electrons. The standard InChI is InChI=1S/C19H14ClFN2O3S/c20-14-3-7-17(8-4-14)23-27(25,26)18-11-1-13(2-12-18)19(24)22-16-9-5-15(21)6-10-16/h1-12,23H,(H,22,24). The Morgan fingerprint density at radius 1 is 0.815 bits per heavy atom. The minimum absolute atomic E-state index is 0.00998. The van der Waals surface area contributed by atoms with Gasteiger partial charge in [-0.2, -0.15) is 0 Å². The number of hydrogen-bond donors (Lipinski definition) is 2. The Morgan fingerprint density at radius 3 is 1.96 bits per heavy atom. The smallest absolute Gasteiger partial charge is 0.261 e. The monoisotopic (exact) mass is 404 g/mol. The summed E-state index contributed by atoms with van der Waals surface area (Å²) in [5, 5.41) is 3.10. The third-order valence-electron chi connectivity index (χ3n) is 3.63. The van der Waals surface area contributed by atoms with Crippen LogP contribution in [0, 0.1) is 5.82 Å². The lowest BCUT2D eigenvalue weighted by molar-refractivity contribution is 0.102. The normalized spacial score (nSPS) is 11.0. The predicted octanol–water partition coefficient (Wildman–Crippen LogP) is 4.53. The van der Waals surface area contributed by atoms with Crippen LogP contribution < -0.4 is 10.0 Å². The van der Waals surface area contributed by atoms with Gasteiger partial charge in [0.2, 0.25) is 0 Å². The highest BCUT2D eigenvalue weighted by Crippen LogP contribution is 2.19. The Balaban J connectivity index is 1.72. The van der Waals surface area contributed by atoms with Gasteiger partial charge in [-0.15, -0.1) is 0 Å². The van der Waals surface area contributed by atoms with E-state index in [0.717, 1.165) is 0 Å². The molecule has 0 spiro atoms. The number of carbonyl (C=O) groups excluding carboxylic acids is 1. The molecule has 3 rings (SSSR count). The van der Waals surface area contributed by atoms with Gasteiger partial charge in [-0.05, 0) is 72.8 Å². The zero-order chi connectivity index (χ0) is 19.4. The molecule has 0 aromatic heterocycles. The maximum atomic E-state index is 12.9. The molecule has 0 bridgehead atoms. The number of rotatable bonds is 5. The van der Waals surface area contributed by atoms with Crippen molar-refractivity contribution in [3.8, 4) is 0 Å². The van der Waals surface area contributed by atoms with Gasteiger partial charge in [0.1, 0.15) is 5.82 Å². The molecule has 27 heavy (non-hydrogen) atoms. The first kappa shape index (κ1) is 18.9. The van der Waals surface area contributed by atoms with Gasteiger partial charge < -0.3 is 5.32 Å². The minimum Gasteiger partial charge on any atom is -0.322 e.